The second-order valence-corrected chi connectivity index (χ2v) is 14.4. The number of fused-ring (bicyclic) bond motifs is 1. The molecule has 1 fully saturated rings. The van der Waals surface area contributed by atoms with Gasteiger partial charge in [-0.15, -0.1) is 0 Å². The molecule has 0 radical (unpaired) electrons. The van der Waals surface area contributed by atoms with Crippen LogP contribution in [0.1, 0.15) is 43.2 Å². The van der Waals surface area contributed by atoms with Gasteiger partial charge in [-0.25, -0.2) is 13.1 Å². The molecule has 236 valence electrons. The number of carbonyl (C=O) groups is 2. The van der Waals surface area contributed by atoms with Crippen LogP contribution in [-0.2, 0) is 26.2 Å². The van der Waals surface area contributed by atoms with Crippen LogP contribution < -0.4 is 19.1 Å². The molecule has 0 unspecified atom stereocenters. The quantitative estimate of drug-likeness (QED) is 0.310. The van der Waals surface area contributed by atoms with Gasteiger partial charge in [0.15, 0.2) is 11.5 Å². The van der Waals surface area contributed by atoms with E-state index in [0.717, 1.165) is 46.9 Å². The number of carboxylic acids is 1. The predicted molar refractivity (Wildman–Crippen MR) is 165 cm³/mol. The van der Waals surface area contributed by atoms with Crippen LogP contribution in [-0.4, -0.2) is 101 Å². The number of amides is 1. The zero-order valence-corrected chi connectivity index (χ0v) is 26.6. The number of hydrogen-bond donors (Lipinski definition) is 2. The number of aliphatic carboxylic acids is 1. The van der Waals surface area contributed by atoms with E-state index >= 15 is 0 Å². The number of benzene rings is 2. The fourth-order valence-corrected chi connectivity index (χ4v) is 6.56. The third kappa shape index (κ3) is 8.69. The molecule has 2 aliphatic heterocycles. The van der Waals surface area contributed by atoms with Gasteiger partial charge in [0.25, 0.3) is 0 Å². The molecular formula is C31H45N4O7S+. The molecule has 0 aliphatic carbocycles. The van der Waals surface area contributed by atoms with Crippen molar-refractivity contribution in [1.29, 1.82) is 0 Å². The van der Waals surface area contributed by atoms with Crippen molar-refractivity contribution >= 4 is 27.6 Å². The van der Waals surface area contributed by atoms with Gasteiger partial charge in [-0.2, -0.15) is 0 Å². The molecule has 0 spiro atoms. The summed E-state index contributed by atoms with van der Waals surface area (Å²) < 4.78 is 37.8. The van der Waals surface area contributed by atoms with Gasteiger partial charge in [-0.1, -0.05) is 31.5 Å². The van der Waals surface area contributed by atoms with Crippen LogP contribution in [0.4, 0.5) is 5.69 Å². The van der Waals surface area contributed by atoms with Crippen LogP contribution in [0.5, 0.6) is 11.5 Å². The molecular weight excluding hydrogens is 572 g/mol. The highest BCUT2D eigenvalue weighted by molar-refractivity contribution is 7.88. The van der Waals surface area contributed by atoms with Crippen LogP contribution in [0, 0.1) is 5.92 Å². The van der Waals surface area contributed by atoms with E-state index in [0.29, 0.717) is 24.6 Å². The van der Waals surface area contributed by atoms with Gasteiger partial charge in [-0.05, 0) is 42.7 Å². The first-order valence-electron chi connectivity index (χ1n) is 14.8. The molecule has 0 bridgehead atoms. The average molecular weight is 618 g/mol. The van der Waals surface area contributed by atoms with Crippen molar-refractivity contribution < 1.29 is 37.1 Å². The van der Waals surface area contributed by atoms with Gasteiger partial charge in [0.1, 0.15) is 6.54 Å². The number of likely N-dealkylation sites (tertiary alicyclic amines) is 1. The third-order valence-corrected chi connectivity index (χ3v) is 8.64. The summed E-state index contributed by atoms with van der Waals surface area (Å²) in [5.74, 6) is -1.23. The maximum Gasteiger partial charge on any atom is 0.308 e. The van der Waals surface area contributed by atoms with Gasteiger partial charge in [-0.3, -0.25) is 14.5 Å². The first-order valence-corrected chi connectivity index (χ1v) is 16.7. The van der Waals surface area contributed by atoms with E-state index in [-0.39, 0.29) is 32.2 Å². The van der Waals surface area contributed by atoms with Crippen molar-refractivity contribution in [3.63, 3.8) is 0 Å². The Morgan fingerprint density at radius 2 is 1.86 bits per heavy atom. The van der Waals surface area contributed by atoms with Crippen LogP contribution in [0.2, 0.25) is 0 Å². The summed E-state index contributed by atoms with van der Waals surface area (Å²) in [6.07, 6.45) is 3.06. The minimum absolute atomic E-state index is 0.0116. The summed E-state index contributed by atoms with van der Waals surface area (Å²) in [5, 5.41) is 10.4. The number of quaternary nitrogens is 1. The largest absolute Gasteiger partial charge is 0.481 e. The molecule has 2 N–H and O–H groups in total. The number of carboxylic acid groups (broad SMARTS) is 1. The first kappa shape index (κ1) is 32.7. The lowest BCUT2D eigenvalue weighted by Crippen LogP contribution is -2.45. The molecule has 0 aromatic heterocycles. The Morgan fingerprint density at radius 1 is 1.12 bits per heavy atom. The van der Waals surface area contributed by atoms with Crippen LogP contribution in [0.25, 0.3) is 0 Å². The molecule has 11 nitrogen and oxygen atoms in total. The number of sulfonamides is 1. The number of rotatable bonds is 14. The number of carbonyl (C=O) groups excluding carboxylic acids is 1. The molecule has 1 amide bonds. The van der Waals surface area contributed by atoms with Crippen molar-refractivity contribution in [2.75, 3.05) is 65.3 Å². The Balaban J connectivity index is 1.63. The minimum atomic E-state index is -3.47. The maximum absolute atomic E-state index is 14.0. The monoisotopic (exact) mass is 617 g/mol. The van der Waals surface area contributed by atoms with Gasteiger partial charge >= 0.3 is 5.97 Å². The van der Waals surface area contributed by atoms with Crippen molar-refractivity contribution in [2.45, 2.75) is 44.7 Å². The Hall–Kier alpha value is -3.19. The van der Waals surface area contributed by atoms with Gasteiger partial charge in [0, 0.05) is 42.8 Å². The van der Waals surface area contributed by atoms with E-state index in [4.69, 9.17) is 9.47 Å². The smallest absolute Gasteiger partial charge is 0.308 e. The maximum atomic E-state index is 14.0. The molecule has 2 aliphatic rings. The van der Waals surface area contributed by atoms with Crippen molar-refractivity contribution in [3.05, 3.63) is 53.6 Å². The molecule has 2 heterocycles. The van der Waals surface area contributed by atoms with Gasteiger partial charge in [0.2, 0.25) is 22.7 Å². The van der Waals surface area contributed by atoms with Crippen LogP contribution in [0.15, 0.2) is 42.5 Å². The normalized spacial score (nSPS) is 20.3. The number of nitrogens with zero attached hydrogens (tertiary/aromatic N) is 3. The summed E-state index contributed by atoms with van der Waals surface area (Å²) in [6.45, 7) is 3.95. The van der Waals surface area contributed by atoms with E-state index < -0.39 is 33.9 Å². The SMILES string of the molecule is CCCCN(C(=O)CN1C[C@H](c2ccc3c(c2)OCO3)[C@@H](C(=O)O)[C@@H]1CCNS(C)(=O)=O)c1cccc(C[N+](C)(C)C)c1. The van der Waals surface area contributed by atoms with Crippen LogP contribution >= 0.6 is 0 Å². The summed E-state index contributed by atoms with van der Waals surface area (Å²) in [5.41, 5.74) is 2.73. The molecule has 2 aromatic rings. The second-order valence-electron chi connectivity index (χ2n) is 12.6. The average Bonchev–Trinajstić information content (AvgIpc) is 3.52. The minimum Gasteiger partial charge on any atom is -0.481 e. The van der Waals surface area contributed by atoms with E-state index in [2.05, 4.69) is 44.9 Å². The zero-order chi connectivity index (χ0) is 31.4. The molecule has 4 rings (SSSR count). The lowest BCUT2D eigenvalue weighted by molar-refractivity contribution is -0.884. The molecule has 12 heteroatoms. The summed E-state index contributed by atoms with van der Waals surface area (Å²) >= 11 is 0. The number of anilines is 1. The highest BCUT2D eigenvalue weighted by Crippen LogP contribution is 2.42. The number of ether oxygens (including phenoxy) is 2. The molecule has 1 saturated heterocycles. The Morgan fingerprint density at radius 3 is 2.53 bits per heavy atom. The Labute approximate surface area is 255 Å². The molecule has 43 heavy (non-hydrogen) atoms. The van der Waals surface area contributed by atoms with E-state index in [1.165, 1.54) is 0 Å². The zero-order valence-electron chi connectivity index (χ0n) is 25.8. The summed E-state index contributed by atoms with van der Waals surface area (Å²) in [7, 11) is 2.89. The number of nitrogens with one attached hydrogen (secondary N) is 1. The van der Waals surface area contributed by atoms with Crippen molar-refractivity contribution in [2.24, 2.45) is 5.92 Å². The topological polar surface area (TPSA) is 125 Å². The van der Waals surface area contributed by atoms with Crippen molar-refractivity contribution in [1.82, 2.24) is 9.62 Å². The fourth-order valence-electron chi connectivity index (χ4n) is 6.07. The lowest BCUT2D eigenvalue weighted by atomic mass is 9.84. The molecule has 2 aromatic carbocycles. The van der Waals surface area contributed by atoms with E-state index in [1.54, 1.807) is 11.0 Å². The lowest BCUT2D eigenvalue weighted by Gasteiger charge is -2.30. The molecule has 3 atom stereocenters. The predicted octanol–water partition coefficient (Wildman–Crippen LogP) is 2.86. The van der Waals surface area contributed by atoms with Crippen LogP contribution in [0.3, 0.4) is 0 Å². The van der Waals surface area contributed by atoms with E-state index in [1.807, 2.05) is 29.2 Å². The second kappa shape index (κ2) is 13.6. The standard InChI is InChI=1S/C31H44N4O7S/c1-6-7-15-34(24-10-8-9-22(16-24)20-35(2,3)4)29(36)19-33-18-25(23-11-12-27-28(17-23)42-21-41-27)30(31(37)38)26(33)13-14-32-43(5,39)40/h8-12,16-17,25-26,30,32H,6-7,13-15,18-21H2,1-5H3/p+1/t25-,26+,30-/m1/s1. The van der Waals surface area contributed by atoms with Gasteiger partial charge < -0.3 is 24.0 Å². The molecule has 0 saturated carbocycles. The van der Waals surface area contributed by atoms with Gasteiger partial charge in [0.05, 0.1) is 39.9 Å². The number of unbranched alkanes of at least 4 members (excludes halogenated alkanes) is 1. The van der Waals surface area contributed by atoms with Crippen molar-refractivity contribution in [3.8, 4) is 11.5 Å². The Kier molecular flexibility index (Phi) is 10.4. The highest BCUT2D eigenvalue weighted by Gasteiger charge is 2.47. The first-order chi connectivity index (χ1) is 20.3. The highest BCUT2D eigenvalue weighted by atomic mass is 32.2. The third-order valence-electron chi connectivity index (χ3n) is 7.92. The van der Waals surface area contributed by atoms with E-state index in [9.17, 15) is 23.1 Å². The summed E-state index contributed by atoms with van der Waals surface area (Å²) in [4.78, 5) is 30.5. The Bertz CT molecular complexity index is 1410. The summed E-state index contributed by atoms with van der Waals surface area (Å²) in [6, 6.07) is 12.9. The fraction of sp³-hybridized carbons (Fsp3) is 0.548. The number of hydrogen-bond acceptors (Lipinski definition) is 7.